The number of nitrogens with one attached hydrogen (secondary N) is 3. The molecule has 1 amide bonds. The maximum Gasteiger partial charge on any atom is 0.338 e. The lowest BCUT2D eigenvalue weighted by molar-refractivity contribution is -0.139. The molecule has 0 fully saturated rings. The molecule has 1 aliphatic heterocycles. The predicted octanol–water partition coefficient (Wildman–Crippen LogP) is 5.93. The van der Waals surface area contributed by atoms with Crippen molar-refractivity contribution in [2.24, 2.45) is 5.10 Å². The van der Waals surface area contributed by atoms with Crippen LogP contribution in [0.15, 0.2) is 89.7 Å². The molecule has 0 aromatic heterocycles. The number of hydrazone groups is 1. The lowest BCUT2D eigenvalue weighted by atomic mass is 9.95. The number of nitrogens with zero attached hydrogens (tertiary/aromatic N) is 1. The van der Waals surface area contributed by atoms with Crippen LogP contribution in [0.3, 0.4) is 0 Å². The van der Waals surface area contributed by atoms with Gasteiger partial charge in [0.25, 0.3) is 5.91 Å². The second-order valence-corrected chi connectivity index (χ2v) is 11.0. The molecule has 1 atom stereocenters. The first-order valence-corrected chi connectivity index (χ1v) is 15.8. The first-order valence-electron chi connectivity index (χ1n) is 15.0. The molecular weight excluding hydrogens is 640 g/mol. The van der Waals surface area contributed by atoms with E-state index in [0.717, 1.165) is 11.1 Å². The van der Waals surface area contributed by atoms with Crippen LogP contribution in [0.4, 0.5) is 0 Å². The fraction of sp³-hybridized carbons (Fsp3) is 0.257. The molecule has 0 bridgehead atoms. The number of esters is 1. The first-order chi connectivity index (χ1) is 22.7. The minimum Gasteiger partial charge on any atom is -0.490 e. The molecule has 3 N–H and O–H groups in total. The SMILES string of the molecule is C=CCc1cc(C=NNC(=O)COc2ccccc2[C@@H]2NC(=S)NC(C)=C2C(=O)OCC)cc(OCC)c1OCc1ccccc1Cl. The number of benzene rings is 3. The maximum atomic E-state index is 12.8. The number of thiocarbonyl (C=S) groups is 1. The van der Waals surface area contributed by atoms with E-state index in [4.69, 9.17) is 42.8 Å². The minimum atomic E-state index is -0.638. The molecule has 3 aromatic carbocycles. The van der Waals surface area contributed by atoms with Crippen LogP contribution in [0.25, 0.3) is 0 Å². The van der Waals surface area contributed by atoms with Crippen molar-refractivity contribution in [3.8, 4) is 17.2 Å². The summed E-state index contributed by atoms with van der Waals surface area (Å²) in [5.41, 5.74) is 6.42. The van der Waals surface area contributed by atoms with Gasteiger partial charge in [-0.2, -0.15) is 5.10 Å². The molecule has 0 saturated carbocycles. The summed E-state index contributed by atoms with van der Waals surface area (Å²) in [6.45, 7) is 9.81. The minimum absolute atomic E-state index is 0.218. The fourth-order valence-corrected chi connectivity index (χ4v) is 5.33. The fourth-order valence-electron chi connectivity index (χ4n) is 4.87. The van der Waals surface area contributed by atoms with Gasteiger partial charge in [0, 0.05) is 27.4 Å². The summed E-state index contributed by atoms with van der Waals surface area (Å²) in [7, 11) is 0. The molecule has 47 heavy (non-hydrogen) atoms. The van der Waals surface area contributed by atoms with Gasteiger partial charge in [-0.05, 0) is 69.2 Å². The van der Waals surface area contributed by atoms with Gasteiger partial charge in [-0.25, -0.2) is 10.2 Å². The Morgan fingerprint density at radius 1 is 1.02 bits per heavy atom. The Kier molecular flexibility index (Phi) is 12.8. The number of rotatable bonds is 15. The van der Waals surface area contributed by atoms with Gasteiger partial charge in [0.05, 0.1) is 31.0 Å². The molecule has 0 saturated heterocycles. The Morgan fingerprint density at radius 2 is 1.79 bits per heavy atom. The summed E-state index contributed by atoms with van der Waals surface area (Å²) < 4.78 is 23.2. The van der Waals surface area contributed by atoms with Gasteiger partial charge >= 0.3 is 5.97 Å². The van der Waals surface area contributed by atoms with E-state index >= 15 is 0 Å². The Labute approximate surface area is 284 Å². The number of halogens is 1. The van der Waals surface area contributed by atoms with Crippen molar-refractivity contribution in [2.45, 2.75) is 39.8 Å². The number of amides is 1. The smallest absolute Gasteiger partial charge is 0.338 e. The van der Waals surface area contributed by atoms with Crippen LogP contribution in [0.1, 0.15) is 49.1 Å². The van der Waals surface area contributed by atoms with Gasteiger partial charge in [-0.15, -0.1) is 6.58 Å². The van der Waals surface area contributed by atoms with Crippen molar-refractivity contribution in [3.05, 3.63) is 112 Å². The normalized spacial score (nSPS) is 14.2. The zero-order valence-electron chi connectivity index (χ0n) is 26.4. The summed E-state index contributed by atoms with van der Waals surface area (Å²) >= 11 is 11.7. The van der Waals surface area contributed by atoms with Gasteiger partial charge < -0.3 is 29.6 Å². The van der Waals surface area contributed by atoms with Crippen molar-refractivity contribution < 1.29 is 28.5 Å². The van der Waals surface area contributed by atoms with E-state index in [1.807, 2.05) is 43.3 Å². The Balaban J connectivity index is 1.46. The lowest BCUT2D eigenvalue weighted by Crippen LogP contribution is -2.45. The number of hydrogen-bond donors (Lipinski definition) is 3. The van der Waals surface area contributed by atoms with E-state index in [1.54, 1.807) is 44.2 Å². The largest absolute Gasteiger partial charge is 0.490 e. The predicted molar refractivity (Wildman–Crippen MR) is 186 cm³/mol. The first kappa shape index (κ1) is 35.0. The van der Waals surface area contributed by atoms with E-state index in [9.17, 15) is 9.59 Å². The summed E-state index contributed by atoms with van der Waals surface area (Å²) in [4.78, 5) is 25.5. The number of carbonyl (C=O) groups excluding carboxylic acids is 2. The summed E-state index contributed by atoms with van der Waals surface area (Å²) in [5, 5.41) is 11.2. The Morgan fingerprint density at radius 3 is 2.53 bits per heavy atom. The van der Waals surface area contributed by atoms with Gasteiger partial charge in [0.1, 0.15) is 12.4 Å². The van der Waals surface area contributed by atoms with E-state index in [-0.39, 0.29) is 19.8 Å². The molecule has 0 radical (unpaired) electrons. The molecule has 1 heterocycles. The van der Waals surface area contributed by atoms with E-state index in [2.05, 4.69) is 27.7 Å². The van der Waals surface area contributed by atoms with Crippen LogP contribution in [0, 0.1) is 0 Å². The molecule has 0 spiro atoms. The zero-order chi connectivity index (χ0) is 33.8. The molecule has 246 valence electrons. The second kappa shape index (κ2) is 17.2. The van der Waals surface area contributed by atoms with Crippen molar-refractivity contribution >= 4 is 47.0 Å². The van der Waals surface area contributed by atoms with Crippen LogP contribution in [-0.2, 0) is 27.4 Å². The van der Waals surface area contributed by atoms with Crippen molar-refractivity contribution in [1.29, 1.82) is 0 Å². The van der Waals surface area contributed by atoms with Crippen LogP contribution >= 0.6 is 23.8 Å². The average molecular weight is 677 g/mol. The molecule has 4 rings (SSSR count). The maximum absolute atomic E-state index is 12.8. The number of allylic oxidation sites excluding steroid dienone is 2. The molecule has 3 aromatic rings. The summed E-state index contributed by atoms with van der Waals surface area (Å²) in [6.07, 6.45) is 3.80. The molecule has 0 aliphatic carbocycles. The van der Waals surface area contributed by atoms with Crippen LogP contribution in [-0.4, -0.2) is 43.0 Å². The third kappa shape index (κ3) is 9.34. The molecule has 10 nitrogen and oxygen atoms in total. The third-order valence-electron chi connectivity index (χ3n) is 6.90. The molecule has 1 aliphatic rings. The highest BCUT2D eigenvalue weighted by Crippen LogP contribution is 2.35. The quantitative estimate of drug-likeness (QED) is 0.0592. The monoisotopic (exact) mass is 676 g/mol. The highest BCUT2D eigenvalue weighted by atomic mass is 35.5. The second-order valence-electron chi connectivity index (χ2n) is 10.2. The highest BCUT2D eigenvalue weighted by molar-refractivity contribution is 7.80. The Bertz CT molecular complexity index is 1690. The third-order valence-corrected chi connectivity index (χ3v) is 7.49. The van der Waals surface area contributed by atoms with Crippen LogP contribution in [0.2, 0.25) is 5.02 Å². The van der Waals surface area contributed by atoms with Gasteiger partial charge in [0.15, 0.2) is 23.2 Å². The number of para-hydroxylation sites is 1. The Hall–Kier alpha value is -4.87. The van der Waals surface area contributed by atoms with Gasteiger partial charge in [-0.3, -0.25) is 4.79 Å². The van der Waals surface area contributed by atoms with Crippen molar-refractivity contribution in [3.63, 3.8) is 0 Å². The van der Waals surface area contributed by atoms with Crippen LogP contribution in [0.5, 0.6) is 17.2 Å². The molecule has 12 heteroatoms. The highest BCUT2D eigenvalue weighted by Gasteiger charge is 2.32. The van der Waals surface area contributed by atoms with Crippen molar-refractivity contribution in [1.82, 2.24) is 16.1 Å². The molecular formula is C35H37ClN4O6S. The summed E-state index contributed by atoms with van der Waals surface area (Å²) in [5.74, 6) is 0.539. The molecule has 0 unspecified atom stereocenters. The lowest BCUT2D eigenvalue weighted by Gasteiger charge is -2.30. The van der Waals surface area contributed by atoms with E-state index in [1.165, 1.54) is 6.21 Å². The van der Waals surface area contributed by atoms with Crippen molar-refractivity contribution in [2.75, 3.05) is 19.8 Å². The van der Waals surface area contributed by atoms with Crippen LogP contribution < -0.4 is 30.3 Å². The van der Waals surface area contributed by atoms with E-state index < -0.39 is 17.9 Å². The van der Waals surface area contributed by atoms with E-state index in [0.29, 0.717) is 62.8 Å². The topological polar surface area (TPSA) is 120 Å². The standard InChI is InChI=1S/C35H37ClN4O6S/c1-5-12-24-17-23(18-29(43-6-2)33(24)46-20-25-13-8-10-15-27(25)36)19-37-40-30(41)21-45-28-16-11-9-14-26(28)32-31(34(42)44-7-3)22(4)38-35(47)39-32/h5,8-11,13-19,32H,1,6-7,12,20-21H2,2-4H3,(H,40,41)(H2,38,39,47)/t32-/m0/s1. The van der Waals surface area contributed by atoms with Gasteiger partial charge in [0.2, 0.25) is 0 Å². The average Bonchev–Trinajstić information content (AvgIpc) is 3.04. The zero-order valence-corrected chi connectivity index (χ0v) is 28.0. The summed E-state index contributed by atoms with van der Waals surface area (Å²) in [6, 6.07) is 17.6. The van der Waals surface area contributed by atoms with Gasteiger partial charge in [-0.1, -0.05) is 54.1 Å². The number of ether oxygens (including phenoxy) is 4. The number of carbonyl (C=O) groups is 2. The number of hydrogen-bond acceptors (Lipinski definition) is 8.